The Balaban J connectivity index is 1.42. The topological polar surface area (TPSA) is 18.1 Å². The van der Waals surface area contributed by atoms with E-state index in [0.717, 1.165) is 27.6 Å². The van der Waals surface area contributed by atoms with Gasteiger partial charge in [0.15, 0.2) is 0 Å². The van der Waals surface area contributed by atoms with Crippen molar-refractivity contribution < 1.29 is 4.42 Å². The van der Waals surface area contributed by atoms with Crippen LogP contribution in [0.15, 0.2) is 108 Å². The van der Waals surface area contributed by atoms with Crippen molar-refractivity contribution in [1.29, 1.82) is 0 Å². The predicted molar refractivity (Wildman–Crippen MR) is 162 cm³/mol. The highest BCUT2D eigenvalue weighted by molar-refractivity contribution is 6.31. The summed E-state index contributed by atoms with van der Waals surface area (Å²) < 4.78 is 8.76. The van der Waals surface area contributed by atoms with Crippen LogP contribution >= 0.6 is 0 Å². The Kier molecular flexibility index (Phi) is 3.32. The van der Waals surface area contributed by atoms with E-state index < -0.39 is 0 Å². The highest BCUT2D eigenvalue weighted by Crippen LogP contribution is 2.58. The zero-order valence-electron chi connectivity index (χ0n) is 21.7. The molecule has 0 saturated carbocycles. The number of hydrogen-bond acceptors (Lipinski definition) is 1. The Bertz CT molecular complexity index is 2410. The van der Waals surface area contributed by atoms with Crippen molar-refractivity contribution in [1.82, 2.24) is 4.57 Å². The molecule has 2 heteroatoms. The molecule has 39 heavy (non-hydrogen) atoms. The van der Waals surface area contributed by atoms with Gasteiger partial charge in [-0.25, -0.2) is 0 Å². The van der Waals surface area contributed by atoms with E-state index in [1.165, 1.54) is 66.0 Å². The molecular formula is C37H23NO. The predicted octanol–water partition coefficient (Wildman–Crippen LogP) is 10.1. The summed E-state index contributed by atoms with van der Waals surface area (Å²) in [6, 6.07) is 38.0. The molecule has 2 heterocycles. The Morgan fingerprint density at radius 2 is 1.33 bits per heavy atom. The van der Waals surface area contributed by atoms with Gasteiger partial charge in [0.25, 0.3) is 0 Å². The van der Waals surface area contributed by atoms with E-state index in [1.807, 2.05) is 12.1 Å². The van der Waals surface area contributed by atoms with Gasteiger partial charge in [-0.3, -0.25) is 0 Å². The second-order valence-corrected chi connectivity index (χ2v) is 11.7. The molecule has 0 saturated heterocycles. The van der Waals surface area contributed by atoms with Gasteiger partial charge < -0.3 is 8.98 Å². The fourth-order valence-electron chi connectivity index (χ4n) is 7.81. The molecule has 2 aliphatic carbocycles. The maximum absolute atomic E-state index is 6.32. The summed E-state index contributed by atoms with van der Waals surface area (Å²) in [7, 11) is 0. The van der Waals surface area contributed by atoms with Crippen LogP contribution in [0.1, 0.15) is 25.0 Å². The molecule has 2 nitrogen and oxygen atoms in total. The molecule has 6 aromatic carbocycles. The second-order valence-electron chi connectivity index (χ2n) is 11.7. The number of fused-ring (bicyclic) bond motifs is 4. The average molecular weight is 498 g/mol. The quantitative estimate of drug-likeness (QED) is 0.221. The molecule has 0 fully saturated rings. The molecule has 2 aliphatic rings. The van der Waals surface area contributed by atoms with Gasteiger partial charge in [-0.05, 0) is 74.5 Å². The van der Waals surface area contributed by atoms with Crippen LogP contribution in [0.25, 0.3) is 82.5 Å². The first-order chi connectivity index (χ1) is 19.1. The van der Waals surface area contributed by atoms with Crippen molar-refractivity contribution in [2.75, 3.05) is 0 Å². The lowest BCUT2D eigenvalue weighted by Gasteiger charge is -2.22. The minimum Gasteiger partial charge on any atom is -0.456 e. The molecule has 0 bridgehead atoms. The number of hydrogen-bond donors (Lipinski definition) is 0. The van der Waals surface area contributed by atoms with Crippen LogP contribution in [-0.4, -0.2) is 4.57 Å². The van der Waals surface area contributed by atoms with Gasteiger partial charge in [0.2, 0.25) is 0 Å². The lowest BCUT2D eigenvalue weighted by Crippen LogP contribution is -2.14. The third kappa shape index (κ3) is 2.20. The summed E-state index contributed by atoms with van der Waals surface area (Å²) in [5.74, 6) is 0. The Labute approximate surface area is 224 Å². The molecule has 2 aromatic heterocycles. The van der Waals surface area contributed by atoms with Gasteiger partial charge >= 0.3 is 0 Å². The van der Waals surface area contributed by atoms with Crippen LogP contribution in [0.2, 0.25) is 0 Å². The van der Waals surface area contributed by atoms with Crippen molar-refractivity contribution in [2.24, 2.45) is 0 Å². The fraction of sp³-hybridized carbons (Fsp3) is 0.0811. The van der Waals surface area contributed by atoms with Crippen molar-refractivity contribution >= 4 is 54.5 Å². The first-order valence-corrected chi connectivity index (χ1v) is 13.7. The molecular weight excluding hydrogens is 474 g/mol. The maximum Gasteiger partial charge on any atom is 0.137 e. The Morgan fingerprint density at radius 1 is 0.564 bits per heavy atom. The zero-order valence-corrected chi connectivity index (χ0v) is 21.7. The van der Waals surface area contributed by atoms with E-state index in [1.54, 1.807) is 0 Å². The van der Waals surface area contributed by atoms with E-state index in [0.29, 0.717) is 0 Å². The first kappa shape index (κ1) is 20.2. The largest absolute Gasteiger partial charge is 0.456 e. The van der Waals surface area contributed by atoms with Crippen molar-refractivity contribution in [2.45, 2.75) is 19.3 Å². The molecule has 182 valence electrons. The summed E-state index contributed by atoms with van der Waals surface area (Å²) in [5.41, 5.74) is 13.8. The molecule has 0 amide bonds. The van der Waals surface area contributed by atoms with E-state index >= 15 is 0 Å². The Morgan fingerprint density at radius 3 is 2.28 bits per heavy atom. The molecule has 0 atom stereocenters. The standard InChI is InChI=1S/C37H23NO/c1-37(2)26-10-5-8-24-25-9-6-11-28-34(25)36-29(18-14-20-13-17-27(37)35(32(20)36)33(24)26)38(28)21-15-16-23-22-7-3-4-12-30(22)39-31(23)19-21/h3-19H,1-2H3. The molecule has 0 N–H and O–H groups in total. The van der Waals surface area contributed by atoms with Gasteiger partial charge in [0.1, 0.15) is 11.2 Å². The van der Waals surface area contributed by atoms with Crippen LogP contribution in [-0.2, 0) is 5.41 Å². The summed E-state index contributed by atoms with van der Waals surface area (Å²) in [5, 5.41) is 7.72. The van der Waals surface area contributed by atoms with E-state index in [9.17, 15) is 0 Å². The van der Waals surface area contributed by atoms with E-state index in [-0.39, 0.29) is 5.41 Å². The number of nitrogens with zero attached hydrogens (tertiary/aromatic N) is 1. The van der Waals surface area contributed by atoms with Gasteiger partial charge in [-0.2, -0.15) is 0 Å². The van der Waals surface area contributed by atoms with E-state index in [2.05, 4.69) is 109 Å². The van der Waals surface area contributed by atoms with Crippen molar-refractivity contribution in [3.8, 4) is 27.9 Å². The average Bonchev–Trinajstić information content (AvgIpc) is 3.54. The third-order valence-electron chi connectivity index (χ3n) is 9.51. The molecule has 8 aromatic rings. The lowest BCUT2D eigenvalue weighted by atomic mass is 9.81. The Hall–Kier alpha value is -4.82. The summed E-state index contributed by atoms with van der Waals surface area (Å²) in [4.78, 5) is 0. The third-order valence-corrected chi connectivity index (χ3v) is 9.51. The van der Waals surface area contributed by atoms with Gasteiger partial charge in [-0.15, -0.1) is 0 Å². The molecule has 0 unspecified atom stereocenters. The van der Waals surface area contributed by atoms with Crippen LogP contribution in [0.5, 0.6) is 0 Å². The van der Waals surface area contributed by atoms with Crippen LogP contribution in [0, 0.1) is 0 Å². The van der Waals surface area contributed by atoms with Crippen LogP contribution in [0.3, 0.4) is 0 Å². The second kappa shape index (κ2) is 6.42. The van der Waals surface area contributed by atoms with Crippen LogP contribution in [0.4, 0.5) is 0 Å². The number of rotatable bonds is 1. The van der Waals surface area contributed by atoms with Crippen molar-refractivity contribution in [3.63, 3.8) is 0 Å². The maximum atomic E-state index is 6.32. The normalized spacial score (nSPS) is 14.6. The molecule has 10 rings (SSSR count). The van der Waals surface area contributed by atoms with Gasteiger partial charge in [-0.1, -0.05) is 80.6 Å². The van der Waals surface area contributed by atoms with Crippen LogP contribution < -0.4 is 0 Å². The zero-order chi connectivity index (χ0) is 25.6. The van der Waals surface area contributed by atoms with Gasteiger partial charge in [0, 0.05) is 38.7 Å². The van der Waals surface area contributed by atoms with Crippen molar-refractivity contribution in [3.05, 3.63) is 114 Å². The SMILES string of the molecule is CC1(C)c2cccc3c2-c2c1ccc1ccc4c(c21)c1c-3cccc1n4-c1ccc2c(c1)oc1ccccc12. The van der Waals surface area contributed by atoms with Gasteiger partial charge in [0.05, 0.1) is 11.0 Å². The minimum absolute atomic E-state index is 0.0304. The lowest BCUT2D eigenvalue weighted by molar-refractivity contribution is 0.661. The summed E-state index contributed by atoms with van der Waals surface area (Å²) in [6.07, 6.45) is 0. The molecule has 0 radical (unpaired) electrons. The highest BCUT2D eigenvalue weighted by Gasteiger charge is 2.40. The molecule has 0 aliphatic heterocycles. The summed E-state index contributed by atoms with van der Waals surface area (Å²) in [6.45, 7) is 4.76. The summed E-state index contributed by atoms with van der Waals surface area (Å²) >= 11 is 0. The fourth-order valence-corrected chi connectivity index (χ4v) is 7.81. The highest BCUT2D eigenvalue weighted by atomic mass is 16.3. The molecule has 0 spiro atoms. The monoisotopic (exact) mass is 497 g/mol. The number of para-hydroxylation sites is 1. The van der Waals surface area contributed by atoms with E-state index in [4.69, 9.17) is 4.42 Å². The minimum atomic E-state index is -0.0304. The smallest absolute Gasteiger partial charge is 0.137 e. The first-order valence-electron chi connectivity index (χ1n) is 13.7. The number of aromatic nitrogens is 1. The number of furan rings is 1. The number of benzene rings is 6.